The first-order valence-electron chi connectivity index (χ1n) is 10.6. The molecule has 1 fully saturated rings. The Bertz CT molecular complexity index is 789. The molecule has 1 aromatic heterocycles. The first-order chi connectivity index (χ1) is 14.7. The lowest BCUT2D eigenvalue weighted by molar-refractivity contribution is 0.145. The summed E-state index contributed by atoms with van der Waals surface area (Å²) in [7, 11) is 3.50. The number of aliphatic imine (C=N–C) groups is 1. The van der Waals surface area contributed by atoms with E-state index in [-0.39, 0.29) is 0 Å². The SMILES string of the molecule is CN=C(NCc1ccc(C)cc1OCCOC)NCC(c1cccs1)N1CCCC1. The molecule has 1 aliphatic rings. The number of methoxy groups -OCH3 is 1. The van der Waals surface area contributed by atoms with Crippen molar-refractivity contribution in [1.82, 2.24) is 15.5 Å². The van der Waals surface area contributed by atoms with E-state index in [1.807, 2.05) is 18.4 Å². The Hall–Kier alpha value is -2.09. The molecular formula is C23H34N4O2S. The lowest BCUT2D eigenvalue weighted by atomic mass is 10.1. The van der Waals surface area contributed by atoms with Crippen LogP contribution in [0.4, 0.5) is 0 Å². The summed E-state index contributed by atoms with van der Waals surface area (Å²) in [5, 5.41) is 9.13. The molecule has 7 heteroatoms. The molecule has 2 N–H and O–H groups in total. The van der Waals surface area contributed by atoms with Gasteiger partial charge in [0.2, 0.25) is 0 Å². The minimum absolute atomic E-state index is 0.387. The minimum Gasteiger partial charge on any atom is -0.491 e. The van der Waals surface area contributed by atoms with Crippen LogP contribution in [0.15, 0.2) is 40.7 Å². The third kappa shape index (κ3) is 6.45. The standard InChI is InChI=1S/C23H34N4O2S/c1-18-8-9-19(21(15-18)29-13-12-28-3)16-25-23(24-2)26-17-20(22-7-6-14-30-22)27-10-4-5-11-27/h6-9,14-15,20H,4-5,10-13,16-17H2,1-3H3,(H2,24,25,26). The Morgan fingerprint density at radius 2 is 2.03 bits per heavy atom. The van der Waals surface area contributed by atoms with E-state index in [0.29, 0.717) is 25.8 Å². The van der Waals surface area contributed by atoms with Crippen LogP contribution < -0.4 is 15.4 Å². The highest BCUT2D eigenvalue weighted by molar-refractivity contribution is 7.10. The van der Waals surface area contributed by atoms with Crippen molar-refractivity contribution in [1.29, 1.82) is 0 Å². The lowest BCUT2D eigenvalue weighted by Gasteiger charge is -2.27. The molecule has 1 unspecified atom stereocenters. The number of ether oxygens (including phenoxy) is 2. The number of thiophene rings is 1. The molecule has 1 aromatic carbocycles. The van der Waals surface area contributed by atoms with Crippen molar-refractivity contribution in [2.24, 2.45) is 4.99 Å². The van der Waals surface area contributed by atoms with Gasteiger partial charge in [0.05, 0.1) is 12.6 Å². The van der Waals surface area contributed by atoms with Gasteiger partial charge in [0.25, 0.3) is 0 Å². The summed E-state index contributed by atoms with van der Waals surface area (Å²) in [6.45, 7) is 7.01. The number of guanidine groups is 1. The average Bonchev–Trinajstić information content (AvgIpc) is 3.47. The molecule has 1 aliphatic heterocycles. The van der Waals surface area contributed by atoms with Crippen molar-refractivity contribution in [3.63, 3.8) is 0 Å². The van der Waals surface area contributed by atoms with Crippen LogP contribution in [0.2, 0.25) is 0 Å². The largest absolute Gasteiger partial charge is 0.491 e. The van der Waals surface area contributed by atoms with Crippen LogP contribution in [0, 0.1) is 6.92 Å². The number of aryl methyl sites for hydroxylation is 1. The predicted molar refractivity (Wildman–Crippen MR) is 125 cm³/mol. The summed E-state index contributed by atoms with van der Waals surface area (Å²) in [6.07, 6.45) is 2.57. The van der Waals surface area contributed by atoms with Gasteiger partial charge in [-0.15, -0.1) is 11.3 Å². The van der Waals surface area contributed by atoms with Gasteiger partial charge >= 0.3 is 0 Å². The molecule has 2 heterocycles. The average molecular weight is 431 g/mol. The molecular weight excluding hydrogens is 396 g/mol. The molecule has 30 heavy (non-hydrogen) atoms. The van der Waals surface area contributed by atoms with Crippen LogP contribution in [-0.4, -0.2) is 57.9 Å². The van der Waals surface area contributed by atoms with E-state index in [1.165, 1.54) is 36.4 Å². The fraction of sp³-hybridized carbons (Fsp3) is 0.522. The molecule has 0 radical (unpaired) electrons. The third-order valence-corrected chi connectivity index (χ3v) is 6.33. The van der Waals surface area contributed by atoms with E-state index < -0.39 is 0 Å². The van der Waals surface area contributed by atoms with Gasteiger partial charge in [-0.3, -0.25) is 9.89 Å². The third-order valence-electron chi connectivity index (χ3n) is 5.35. The van der Waals surface area contributed by atoms with Gasteiger partial charge in [0.15, 0.2) is 5.96 Å². The molecule has 164 valence electrons. The fourth-order valence-electron chi connectivity index (χ4n) is 3.71. The maximum Gasteiger partial charge on any atom is 0.191 e. The van der Waals surface area contributed by atoms with Crippen LogP contribution in [0.5, 0.6) is 5.75 Å². The highest BCUT2D eigenvalue weighted by Crippen LogP contribution is 2.27. The predicted octanol–water partition coefficient (Wildman–Crippen LogP) is 3.58. The van der Waals surface area contributed by atoms with Crippen LogP contribution in [-0.2, 0) is 11.3 Å². The van der Waals surface area contributed by atoms with E-state index in [1.54, 1.807) is 7.11 Å². The van der Waals surface area contributed by atoms with Crippen molar-refractivity contribution < 1.29 is 9.47 Å². The highest BCUT2D eigenvalue weighted by atomic mass is 32.1. The molecule has 1 saturated heterocycles. The lowest BCUT2D eigenvalue weighted by Crippen LogP contribution is -2.42. The van der Waals surface area contributed by atoms with Gasteiger partial charge in [-0.2, -0.15) is 0 Å². The topological polar surface area (TPSA) is 58.1 Å². The number of nitrogens with zero attached hydrogens (tertiary/aromatic N) is 2. The van der Waals surface area contributed by atoms with Crippen molar-refractivity contribution in [2.75, 3.05) is 47.0 Å². The summed E-state index contributed by atoms with van der Waals surface area (Å²) in [5.41, 5.74) is 2.28. The van der Waals surface area contributed by atoms with Crippen molar-refractivity contribution >= 4 is 17.3 Å². The minimum atomic E-state index is 0.387. The van der Waals surface area contributed by atoms with Crippen LogP contribution in [0.25, 0.3) is 0 Å². The normalized spacial score (nSPS) is 15.9. The Morgan fingerprint density at radius 1 is 1.20 bits per heavy atom. The van der Waals surface area contributed by atoms with E-state index in [4.69, 9.17) is 9.47 Å². The monoisotopic (exact) mass is 430 g/mol. The second kappa shape index (κ2) is 11.9. The van der Waals surface area contributed by atoms with E-state index >= 15 is 0 Å². The second-order valence-corrected chi connectivity index (χ2v) is 8.51. The van der Waals surface area contributed by atoms with Gasteiger partial charge in [0.1, 0.15) is 12.4 Å². The molecule has 3 rings (SSSR count). The number of benzene rings is 1. The quantitative estimate of drug-likeness (QED) is 0.343. The smallest absolute Gasteiger partial charge is 0.191 e. The Kier molecular flexibility index (Phi) is 8.99. The maximum atomic E-state index is 5.91. The Labute approximate surface area is 184 Å². The van der Waals surface area contributed by atoms with Crippen molar-refractivity contribution in [2.45, 2.75) is 32.4 Å². The fourth-order valence-corrected chi connectivity index (χ4v) is 4.57. The first kappa shape index (κ1) is 22.6. The summed E-state index contributed by atoms with van der Waals surface area (Å²) >= 11 is 1.83. The molecule has 0 saturated carbocycles. The van der Waals surface area contributed by atoms with Crippen LogP contribution in [0.1, 0.15) is 34.9 Å². The number of likely N-dealkylation sites (tertiary alicyclic amines) is 1. The van der Waals surface area contributed by atoms with Crippen molar-refractivity contribution in [3.05, 3.63) is 51.7 Å². The molecule has 0 spiro atoms. The van der Waals surface area contributed by atoms with Gasteiger partial charge < -0.3 is 20.1 Å². The molecule has 0 aliphatic carbocycles. The Balaban J connectivity index is 1.58. The second-order valence-electron chi connectivity index (χ2n) is 7.53. The van der Waals surface area contributed by atoms with Gasteiger partial charge in [-0.1, -0.05) is 18.2 Å². The van der Waals surface area contributed by atoms with Crippen LogP contribution in [0.3, 0.4) is 0 Å². The van der Waals surface area contributed by atoms with Gasteiger partial charge in [-0.25, -0.2) is 0 Å². The summed E-state index contributed by atoms with van der Waals surface area (Å²) < 4.78 is 11.0. The van der Waals surface area contributed by atoms with E-state index in [9.17, 15) is 0 Å². The highest BCUT2D eigenvalue weighted by Gasteiger charge is 2.24. The summed E-state index contributed by atoms with van der Waals surface area (Å²) in [6, 6.07) is 11.1. The van der Waals surface area contributed by atoms with E-state index in [0.717, 1.165) is 23.8 Å². The van der Waals surface area contributed by atoms with E-state index in [2.05, 4.69) is 63.2 Å². The summed E-state index contributed by atoms with van der Waals surface area (Å²) in [4.78, 5) is 8.41. The number of rotatable bonds is 10. The van der Waals surface area contributed by atoms with Gasteiger partial charge in [-0.05, 0) is 55.9 Å². The van der Waals surface area contributed by atoms with Crippen LogP contribution >= 0.6 is 11.3 Å². The molecule has 0 bridgehead atoms. The Morgan fingerprint density at radius 3 is 2.73 bits per heavy atom. The molecule has 0 amide bonds. The number of hydrogen-bond donors (Lipinski definition) is 2. The van der Waals surface area contributed by atoms with Gasteiger partial charge in [0, 0.05) is 37.7 Å². The molecule has 2 aromatic rings. The first-order valence-corrected chi connectivity index (χ1v) is 11.5. The zero-order chi connectivity index (χ0) is 21.2. The zero-order valence-corrected chi connectivity index (χ0v) is 19.1. The molecule has 6 nitrogen and oxygen atoms in total. The number of hydrogen-bond acceptors (Lipinski definition) is 5. The summed E-state index contributed by atoms with van der Waals surface area (Å²) in [5.74, 6) is 1.70. The zero-order valence-electron chi connectivity index (χ0n) is 18.3. The number of nitrogens with one attached hydrogen (secondary N) is 2. The van der Waals surface area contributed by atoms with Crippen molar-refractivity contribution in [3.8, 4) is 5.75 Å². The molecule has 1 atom stereocenters. The maximum absolute atomic E-state index is 5.91.